The van der Waals surface area contributed by atoms with Crippen molar-refractivity contribution in [2.75, 3.05) is 7.11 Å². The number of rotatable bonds is 3. The zero-order valence-electron chi connectivity index (χ0n) is 14.3. The van der Waals surface area contributed by atoms with Crippen LogP contribution in [-0.2, 0) is 4.79 Å². The van der Waals surface area contributed by atoms with Crippen molar-refractivity contribution in [1.82, 2.24) is 9.99 Å². The lowest BCUT2D eigenvalue weighted by atomic mass is 10.0. The van der Waals surface area contributed by atoms with Gasteiger partial charge in [-0.05, 0) is 24.3 Å². The van der Waals surface area contributed by atoms with Crippen LogP contribution in [0.5, 0.6) is 5.75 Å². The number of para-hydroxylation sites is 1. The van der Waals surface area contributed by atoms with E-state index in [0.29, 0.717) is 34.3 Å². The average Bonchev–Trinajstić information content (AvgIpc) is 3.30. The maximum Gasteiger partial charge on any atom is 0.240 e. The molecule has 2 aromatic heterocycles. The Morgan fingerprint density at radius 1 is 1.35 bits per heavy atom. The van der Waals surface area contributed by atoms with Gasteiger partial charge >= 0.3 is 0 Å². The second-order valence-corrected chi connectivity index (χ2v) is 6.37. The quantitative estimate of drug-likeness (QED) is 0.649. The molecule has 1 aromatic carbocycles. The Morgan fingerprint density at radius 2 is 2.19 bits per heavy atom. The van der Waals surface area contributed by atoms with E-state index < -0.39 is 0 Å². The fourth-order valence-corrected chi connectivity index (χ4v) is 3.46. The van der Waals surface area contributed by atoms with E-state index in [0.717, 1.165) is 10.9 Å². The van der Waals surface area contributed by atoms with Crippen molar-refractivity contribution in [2.45, 2.75) is 19.4 Å². The minimum Gasteiger partial charge on any atom is -0.494 e. The van der Waals surface area contributed by atoms with Crippen molar-refractivity contribution in [3.63, 3.8) is 0 Å². The van der Waals surface area contributed by atoms with Gasteiger partial charge in [0.1, 0.15) is 27.9 Å². The lowest BCUT2D eigenvalue weighted by Crippen LogP contribution is -2.24. The van der Waals surface area contributed by atoms with Crippen LogP contribution in [0.4, 0.5) is 0 Å². The van der Waals surface area contributed by atoms with Gasteiger partial charge in [0.05, 0.1) is 19.4 Å². The molecule has 0 bridgehead atoms. The Morgan fingerprint density at radius 3 is 2.88 bits per heavy atom. The summed E-state index contributed by atoms with van der Waals surface area (Å²) in [6.45, 7) is 1.48. The Kier molecular flexibility index (Phi) is 4.12. The van der Waals surface area contributed by atoms with E-state index in [1.165, 1.54) is 11.9 Å². The second kappa shape index (κ2) is 6.46. The summed E-state index contributed by atoms with van der Waals surface area (Å²) in [4.78, 5) is 16.6. The fraction of sp³-hybridized carbons (Fsp3) is 0.211. The van der Waals surface area contributed by atoms with Crippen LogP contribution in [0.15, 0.2) is 52.2 Å². The third-order valence-electron chi connectivity index (χ3n) is 4.41. The summed E-state index contributed by atoms with van der Waals surface area (Å²) in [6, 6.07) is 10.9. The first-order valence-electron chi connectivity index (χ1n) is 8.13. The molecule has 0 spiro atoms. The summed E-state index contributed by atoms with van der Waals surface area (Å²) >= 11 is 6.48. The van der Waals surface area contributed by atoms with Gasteiger partial charge in [-0.25, -0.2) is 9.99 Å². The summed E-state index contributed by atoms with van der Waals surface area (Å²) < 4.78 is 10.8. The van der Waals surface area contributed by atoms with Gasteiger partial charge in [-0.3, -0.25) is 4.79 Å². The Balaban J connectivity index is 1.79. The molecule has 6 nitrogen and oxygen atoms in total. The van der Waals surface area contributed by atoms with Gasteiger partial charge in [0.2, 0.25) is 5.91 Å². The van der Waals surface area contributed by atoms with Crippen LogP contribution in [-0.4, -0.2) is 28.7 Å². The molecule has 0 saturated heterocycles. The van der Waals surface area contributed by atoms with Crippen LogP contribution < -0.4 is 4.74 Å². The molecule has 26 heavy (non-hydrogen) atoms. The molecule has 1 atom stereocenters. The smallest absolute Gasteiger partial charge is 0.240 e. The number of carbonyl (C=O) groups excluding carboxylic acids is 1. The molecule has 3 aromatic rings. The third kappa shape index (κ3) is 2.72. The van der Waals surface area contributed by atoms with Crippen molar-refractivity contribution in [2.24, 2.45) is 5.10 Å². The number of pyridine rings is 1. The topological polar surface area (TPSA) is 67.9 Å². The number of benzene rings is 1. The lowest BCUT2D eigenvalue weighted by Gasteiger charge is -2.21. The molecular weight excluding hydrogens is 354 g/mol. The van der Waals surface area contributed by atoms with Crippen LogP contribution in [0.1, 0.15) is 30.7 Å². The highest BCUT2D eigenvalue weighted by Crippen LogP contribution is 2.38. The minimum absolute atomic E-state index is 0.168. The molecule has 0 saturated carbocycles. The molecule has 1 aliphatic heterocycles. The van der Waals surface area contributed by atoms with Gasteiger partial charge in [-0.2, -0.15) is 5.10 Å². The van der Waals surface area contributed by atoms with E-state index >= 15 is 0 Å². The maximum absolute atomic E-state index is 12.1. The highest BCUT2D eigenvalue weighted by Gasteiger charge is 2.34. The zero-order valence-corrected chi connectivity index (χ0v) is 15.0. The third-order valence-corrected chi connectivity index (χ3v) is 4.71. The van der Waals surface area contributed by atoms with Gasteiger partial charge in [-0.15, -0.1) is 0 Å². The predicted octanol–water partition coefficient (Wildman–Crippen LogP) is 4.19. The number of hydrogen-bond acceptors (Lipinski definition) is 5. The number of hydrazone groups is 1. The fourth-order valence-electron chi connectivity index (χ4n) is 3.20. The molecule has 0 fully saturated rings. The standard InChI is InChI=1S/C19H16ClN3O3/c1-11(24)23-15(10-14(22-23)16-7-4-8-26-16)13-9-12-5-3-6-17(25-2)18(12)21-19(13)20/h3-9,15H,10H2,1-2H3. The number of fused-ring (bicyclic) bond motifs is 1. The van der Waals surface area contributed by atoms with E-state index in [4.69, 9.17) is 20.8 Å². The molecule has 132 valence electrons. The largest absolute Gasteiger partial charge is 0.494 e. The Labute approximate surface area is 155 Å². The minimum atomic E-state index is -0.330. The molecule has 0 radical (unpaired) electrons. The average molecular weight is 370 g/mol. The molecule has 1 aliphatic rings. The Hall–Kier alpha value is -2.86. The summed E-state index contributed by atoms with van der Waals surface area (Å²) in [5.41, 5.74) is 2.13. The molecule has 0 aliphatic carbocycles. The second-order valence-electron chi connectivity index (χ2n) is 6.01. The molecule has 7 heteroatoms. The van der Waals surface area contributed by atoms with E-state index in [2.05, 4.69) is 10.1 Å². The highest BCUT2D eigenvalue weighted by atomic mass is 35.5. The molecule has 0 N–H and O–H groups in total. The van der Waals surface area contributed by atoms with E-state index in [1.807, 2.05) is 30.3 Å². The number of nitrogens with zero attached hydrogens (tertiary/aromatic N) is 3. The predicted molar refractivity (Wildman–Crippen MR) is 98.4 cm³/mol. The van der Waals surface area contributed by atoms with Crippen LogP contribution in [0.2, 0.25) is 5.15 Å². The highest BCUT2D eigenvalue weighted by molar-refractivity contribution is 6.30. The van der Waals surface area contributed by atoms with Crippen LogP contribution in [0.25, 0.3) is 10.9 Å². The molecule has 1 unspecified atom stereocenters. The first kappa shape index (κ1) is 16.6. The summed E-state index contributed by atoms with van der Waals surface area (Å²) in [6.07, 6.45) is 2.09. The first-order valence-corrected chi connectivity index (χ1v) is 8.50. The normalized spacial score (nSPS) is 16.8. The van der Waals surface area contributed by atoms with E-state index in [9.17, 15) is 4.79 Å². The van der Waals surface area contributed by atoms with E-state index in [1.54, 1.807) is 19.4 Å². The zero-order chi connectivity index (χ0) is 18.3. The van der Waals surface area contributed by atoms with Crippen molar-refractivity contribution in [1.29, 1.82) is 0 Å². The van der Waals surface area contributed by atoms with E-state index in [-0.39, 0.29) is 11.9 Å². The number of carbonyl (C=O) groups is 1. The number of furan rings is 1. The number of halogens is 1. The van der Waals surface area contributed by atoms with Crippen LogP contribution in [0.3, 0.4) is 0 Å². The number of methoxy groups -OCH3 is 1. The number of amides is 1. The van der Waals surface area contributed by atoms with Crippen molar-refractivity contribution < 1.29 is 13.9 Å². The maximum atomic E-state index is 12.1. The molecule has 3 heterocycles. The van der Waals surface area contributed by atoms with Gasteiger partial charge in [0.15, 0.2) is 0 Å². The first-order chi connectivity index (χ1) is 12.6. The SMILES string of the molecule is COc1cccc2cc(C3CC(c4ccco4)=NN3C(C)=O)c(Cl)nc12. The summed E-state index contributed by atoms with van der Waals surface area (Å²) in [7, 11) is 1.59. The summed E-state index contributed by atoms with van der Waals surface area (Å²) in [5.74, 6) is 1.13. The van der Waals surface area contributed by atoms with Gasteiger partial charge in [0.25, 0.3) is 0 Å². The Bertz CT molecular complexity index is 1010. The van der Waals surface area contributed by atoms with Crippen LogP contribution in [0, 0.1) is 0 Å². The van der Waals surface area contributed by atoms with Crippen LogP contribution >= 0.6 is 11.6 Å². The van der Waals surface area contributed by atoms with Crippen molar-refractivity contribution >= 4 is 34.1 Å². The summed E-state index contributed by atoms with van der Waals surface area (Å²) in [5, 5.41) is 7.09. The number of ether oxygens (including phenoxy) is 1. The van der Waals surface area contributed by atoms with Gasteiger partial charge < -0.3 is 9.15 Å². The number of aromatic nitrogens is 1. The molecular formula is C19H16ClN3O3. The monoisotopic (exact) mass is 369 g/mol. The molecule has 4 rings (SSSR count). The molecule has 1 amide bonds. The van der Waals surface area contributed by atoms with Crippen molar-refractivity contribution in [3.05, 3.63) is 59.1 Å². The van der Waals surface area contributed by atoms with Gasteiger partial charge in [0, 0.05) is 24.3 Å². The number of hydrogen-bond donors (Lipinski definition) is 0. The van der Waals surface area contributed by atoms with Crippen molar-refractivity contribution in [3.8, 4) is 5.75 Å². The lowest BCUT2D eigenvalue weighted by molar-refractivity contribution is -0.130. The van der Waals surface area contributed by atoms with Gasteiger partial charge in [-0.1, -0.05) is 23.7 Å².